The van der Waals surface area contributed by atoms with Crippen molar-refractivity contribution in [3.05, 3.63) is 143 Å². The molecule has 2 aromatic heterocycles. The van der Waals surface area contributed by atoms with Crippen LogP contribution in [-0.2, 0) is 27.3 Å². The zero-order valence-corrected chi connectivity index (χ0v) is 37.9. The van der Waals surface area contributed by atoms with Gasteiger partial charge in [0.1, 0.15) is 12.1 Å². The third-order valence-electron chi connectivity index (χ3n) is 9.72. The van der Waals surface area contributed by atoms with Gasteiger partial charge in [-0.05, 0) is 61.9 Å². The molecule has 6 aromatic rings. The van der Waals surface area contributed by atoms with Crippen molar-refractivity contribution in [2.45, 2.75) is 66.0 Å². The average molecular weight is 840 g/mol. The quantitative estimate of drug-likeness (QED) is 0.0708. The number of benzene rings is 4. The van der Waals surface area contributed by atoms with Crippen LogP contribution in [0.4, 0.5) is 0 Å². The van der Waals surface area contributed by atoms with Gasteiger partial charge < -0.3 is 25.6 Å². The third-order valence-corrected chi connectivity index (χ3v) is 9.72. The first-order valence-electron chi connectivity index (χ1n) is 21.4. The Labute approximate surface area is 369 Å². The summed E-state index contributed by atoms with van der Waals surface area (Å²) in [5.41, 5.74) is 14.1. The molecule has 12 heteroatoms. The Morgan fingerprint density at radius 3 is 1.97 bits per heavy atom. The van der Waals surface area contributed by atoms with Gasteiger partial charge in [0.25, 0.3) is 0 Å². The zero-order chi connectivity index (χ0) is 45.3. The van der Waals surface area contributed by atoms with Gasteiger partial charge in [-0.25, -0.2) is 4.79 Å². The molecule has 1 aliphatic heterocycles. The van der Waals surface area contributed by atoms with Gasteiger partial charge in [-0.15, -0.1) is 0 Å². The zero-order valence-electron chi connectivity index (χ0n) is 37.9. The molecule has 0 aliphatic carbocycles. The number of imidazole rings is 1. The molecule has 0 saturated carbocycles. The van der Waals surface area contributed by atoms with Gasteiger partial charge in [0.15, 0.2) is 0 Å². The summed E-state index contributed by atoms with van der Waals surface area (Å²) in [6.45, 7) is 12.2. The Kier molecular flexibility index (Phi) is 22.6. The fraction of sp³-hybridized carbons (Fsp3) is 0.340. The second kappa shape index (κ2) is 27.8. The van der Waals surface area contributed by atoms with Crippen LogP contribution in [0.2, 0.25) is 0 Å². The summed E-state index contributed by atoms with van der Waals surface area (Å²) in [5, 5.41) is 2.75. The summed E-state index contributed by atoms with van der Waals surface area (Å²) in [5.74, 6) is 2.63. The van der Waals surface area contributed by atoms with Crippen LogP contribution in [0, 0.1) is 6.92 Å². The molecular weight excluding hydrogens is 773 g/mol. The number of hydrogen-bond acceptors (Lipinski definition) is 8. The van der Waals surface area contributed by atoms with Gasteiger partial charge in [-0.1, -0.05) is 42.8 Å². The number of amides is 1. The van der Waals surface area contributed by atoms with Crippen molar-refractivity contribution >= 4 is 25.1 Å². The van der Waals surface area contributed by atoms with Crippen molar-refractivity contribution in [1.29, 1.82) is 0 Å². The number of rotatable bonds is 12. The van der Waals surface area contributed by atoms with Gasteiger partial charge in [-0.2, -0.15) is 0 Å². The van der Waals surface area contributed by atoms with E-state index in [0.717, 1.165) is 83.6 Å². The summed E-state index contributed by atoms with van der Waals surface area (Å²) < 4.78 is 5.32. The fourth-order valence-corrected chi connectivity index (χ4v) is 7.01. The molecule has 1 saturated heterocycles. The van der Waals surface area contributed by atoms with Crippen molar-refractivity contribution in [3.63, 3.8) is 0 Å². The number of nitrogens with zero attached hydrogens (tertiary/aromatic N) is 3. The predicted molar refractivity (Wildman–Crippen MR) is 255 cm³/mol. The smallest absolute Gasteiger partial charge is 0.461 e. The number of esters is 1. The van der Waals surface area contributed by atoms with Crippen LogP contribution in [0.3, 0.4) is 0 Å². The van der Waals surface area contributed by atoms with E-state index in [2.05, 4.69) is 101 Å². The molecule has 0 radical (unpaired) electrons. The summed E-state index contributed by atoms with van der Waals surface area (Å²) >= 11 is 0. The van der Waals surface area contributed by atoms with Crippen LogP contribution in [0.1, 0.15) is 79.1 Å². The average Bonchev–Trinajstić information content (AvgIpc) is 4.07. The van der Waals surface area contributed by atoms with Crippen LogP contribution >= 0.6 is 0 Å². The molecule has 7 rings (SSSR count). The first kappa shape index (κ1) is 50.4. The summed E-state index contributed by atoms with van der Waals surface area (Å²) in [4.78, 5) is 50.5. The van der Waals surface area contributed by atoms with Crippen molar-refractivity contribution in [3.8, 4) is 33.6 Å². The molecule has 0 bridgehead atoms. The Morgan fingerprint density at radius 2 is 1.44 bits per heavy atom. The first-order valence-corrected chi connectivity index (χ1v) is 21.4. The van der Waals surface area contributed by atoms with E-state index in [1.165, 1.54) is 19.5 Å². The minimum atomic E-state index is -0.397. The van der Waals surface area contributed by atoms with Crippen LogP contribution < -0.4 is 11.1 Å². The second-order valence-electron chi connectivity index (χ2n) is 14.6. The van der Waals surface area contributed by atoms with E-state index in [0.29, 0.717) is 31.0 Å². The summed E-state index contributed by atoms with van der Waals surface area (Å²) in [7, 11) is 7.30. The van der Waals surface area contributed by atoms with Crippen molar-refractivity contribution < 1.29 is 19.1 Å². The number of aromatic nitrogens is 3. The molecule has 4 aromatic carbocycles. The molecule has 62 heavy (non-hydrogen) atoms. The molecule has 3 heterocycles. The van der Waals surface area contributed by atoms with Crippen molar-refractivity contribution in [2.24, 2.45) is 5.73 Å². The van der Waals surface area contributed by atoms with Crippen LogP contribution in [-0.4, -0.2) is 97.7 Å². The number of aryl methyl sites for hydroxylation is 1. The van der Waals surface area contributed by atoms with Gasteiger partial charge in [-0.3, -0.25) is 4.90 Å². The number of H-pyrrole nitrogens is 2. The Morgan fingerprint density at radius 1 is 0.887 bits per heavy atom. The number of carbonyl (C=O) groups is 3. The van der Waals surface area contributed by atoms with Crippen molar-refractivity contribution in [1.82, 2.24) is 30.1 Å². The minimum absolute atomic E-state index is 0.0740. The second-order valence-corrected chi connectivity index (χ2v) is 14.6. The predicted octanol–water partition coefficient (Wildman–Crippen LogP) is 8.61. The molecule has 1 fully saturated rings. The molecule has 1 amide bonds. The monoisotopic (exact) mass is 840 g/mol. The van der Waals surface area contributed by atoms with Crippen LogP contribution in [0.15, 0.2) is 115 Å². The Bertz CT molecular complexity index is 2170. The normalized spacial score (nSPS) is 12.5. The van der Waals surface area contributed by atoms with E-state index in [1.807, 2.05) is 86.7 Å². The number of carbonyl (C=O) groups excluding carboxylic acids is 3. The number of aromatic amines is 2. The van der Waals surface area contributed by atoms with E-state index in [-0.39, 0.29) is 11.9 Å². The number of likely N-dealkylation sites (tertiary alicyclic amines) is 1. The topological polar surface area (TPSA) is 149 Å². The van der Waals surface area contributed by atoms with Crippen LogP contribution in [0.5, 0.6) is 0 Å². The van der Waals surface area contributed by atoms with E-state index in [9.17, 15) is 9.59 Å². The number of nitrogens with one attached hydrogen (secondary N) is 3. The Hall–Kier alpha value is -5.95. The van der Waals surface area contributed by atoms with E-state index < -0.39 is 5.97 Å². The van der Waals surface area contributed by atoms with Gasteiger partial charge in [0, 0.05) is 0 Å². The molecule has 1 aliphatic rings. The first-order chi connectivity index (χ1) is 30.1. The van der Waals surface area contributed by atoms with Crippen molar-refractivity contribution in [2.75, 3.05) is 47.9 Å². The minimum Gasteiger partial charge on any atom is -0.461 e. The molecule has 5 N–H and O–H groups in total. The summed E-state index contributed by atoms with van der Waals surface area (Å²) in [6, 6.07) is 36.9. The van der Waals surface area contributed by atoms with E-state index >= 15 is 0 Å². The van der Waals surface area contributed by atoms with Crippen LogP contribution in [0.25, 0.3) is 33.6 Å². The molecular formula is C50H66BN7O4. The van der Waals surface area contributed by atoms with E-state index in [4.69, 9.17) is 14.5 Å². The fourth-order valence-electron chi connectivity index (χ4n) is 7.01. The van der Waals surface area contributed by atoms with Gasteiger partial charge >= 0.3 is 206 Å². The molecule has 11 nitrogen and oxygen atoms in total. The molecule has 328 valence electrons. The SMILES string of the molecule is CC=O.CCCN(C)Cc1nc(-c2ccc(-c3ccc(-c4cbc(C5CCCN5C(=O)Cc5ccccc5)[nH]4)cc3)cc2)c(C(=O)OCC)[nH]1.CN.CNC.Cc1ccccc1. The molecule has 0 spiro atoms. The maximum atomic E-state index is 13.2. The Balaban J connectivity index is 0.000000589. The number of hydrogen-bond donors (Lipinski definition) is 4. The number of ether oxygens (including phenoxy) is 1. The maximum absolute atomic E-state index is 13.2. The molecule has 1 unspecified atom stereocenters. The van der Waals surface area contributed by atoms with Gasteiger partial charge in [0.2, 0.25) is 0 Å². The molecule has 1 atom stereocenters. The summed E-state index contributed by atoms with van der Waals surface area (Å²) in [6.07, 6.45) is 4.19. The van der Waals surface area contributed by atoms with E-state index in [1.54, 1.807) is 6.92 Å². The number of aldehydes is 1. The standard InChI is InChI=1S/C38H42BN5O3.C7H8.C2H7N.C2H4O.CH5N/c1-4-21-43(3)25-33-41-35(36(42-33)38(46)47-5-2)30-19-15-28(16-20-30)27-13-17-29(18-14-27)31-24-39-37(40-31)32-12-9-22-44(32)34(45)23-26-10-7-6-8-11-26;1-7-5-3-2-4-6-7;1-3-2;1-2-3;1-2/h6-8,10-11,13-20,24,32,40H,4-5,9,12,21-23,25H2,1-3H3,(H,41,42);2-6H,1H3;3H,1-2H3;2H,1H3;2H2,1H3. The third kappa shape index (κ3) is 15.5. The van der Waals surface area contributed by atoms with Gasteiger partial charge in [0.05, 0.1) is 13.2 Å². The number of nitrogens with two attached hydrogens (primary N) is 1.